The Hall–Kier alpha value is -2.70. The number of phenols is 1. The number of hydrogen-bond acceptors (Lipinski definition) is 8. The third kappa shape index (κ3) is 6.24. The number of phenolic OH excluding ortho intramolecular Hbond substituents is 1. The SMILES string of the molecule is COCC(COC)OC(=O)c1ccc(NS(=O)(=O)c2cc(-c3cccc(F)c3)c(Cl)s2)cc1O. The molecule has 3 aromatic rings. The summed E-state index contributed by atoms with van der Waals surface area (Å²) in [7, 11) is -1.20. The lowest BCUT2D eigenvalue weighted by atomic mass is 10.1. The number of anilines is 1. The normalized spacial score (nSPS) is 11.6. The van der Waals surface area contributed by atoms with Gasteiger partial charge in [0.1, 0.15) is 31.8 Å². The summed E-state index contributed by atoms with van der Waals surface area (Å²) in [5.41, 5.74) is 0.654. The molecule has 0 aliphatic rings. The molecule has 0 aliphatic carbocycles. The number of esters is 1. The molecule has 3 rings (SSSR count). The molecule has 34 heavy (non-hydrogen) atoms. The molecule has 0 fully saturated rings. The van der Waals surface area contributed by atoms with Crippen molar-refractivity contribution < 1.29 is 36.9 Å². The van der Waals surface area contributed by atoms with E-state index in [-0.39, 0.29) is 33.0 Å². The Morgan fingerprint density at radius 1 is 1.15 bits per heavy atom. The number of sulfonamides is 1. The first kappa shape index (κ1) is 25.9. The minimum Gasteiger partial charge on any atom is -0.507 e. The molecular formula is C22H21ClFNO7S2. The Bertz CT molecular complexity index is 1270. The number of ether oxygens (including phenoxy) is 3. The van der Waals surface area contributed by atoms with Crippen LogP contribution in [0.25, 0.3) is 11.1 Å². The first-order valence-electron chi connectivity index (χ1n) is 9.74. The van der Waals surface area contributed by atoms with Gasteiger partial charge in [-0.1, -0.05) is 23.7 Å². The number of benzene rings is 2. The smallest absolute Gasteiger partial charge is 0.342 e. The van der Waals surface area contributed by atoms with Gasteiger partial charge in [0.25, 0.3) is 10.0 Å². The first-order valence-corrected chi connectivity index (χ1v) is 12.4. The molecule has 12 heteroatoms. The molecule has 0 saturated heterocycles. The molecule has 182 valence electrons. The first-order chi connectivity index (χ1) is 16.1. The van der Waals surface area contributed by atoms with Crippen molar-refractivity contribution in [3.8, 4) is 16.9 Å². The summed E-state index contributed by atoms with van der Waals surface area (Å²) in [4.78, 5) is 12.4. The summed E-state index contributed by atoms with van der Waals surface area (Å²) in [6, 6.07) is 10.6. The Balaban J connectivity index is 1.78. The second-order valence-corrected chi connectivity index (χ2v) is 10.6. The lowest BCUT2D eigenvalue weighted by Gasteiger charge is -2.16. The molecule has 1 heterocycles. The topological polar surface area (TPSA) is 111 Å². The minimum atomic E-state index is -4.09. The number of methoxy groups -OCH3 is 2. The van der Waals surface area contributed by atoms with Crippen LogP contribution in [0.4, 0.5) is 10.1 Å². The van der Waals surface area contributed by atoms with Crippen molar-refractivity contribution in [3.63, 3.8) is 0 Å². The number of hydrogen-bond donors (Lipinski definition) is 2. The molecular weight excluding hydrogens is 509 g/mol. The van der Waals surface area contributed by atoms with E-state index in [0.717, 1.165) is 17.4 Å². The number of rotatable bonds is 10. The summed E-state index contributed by atoms with van der Waals surface area (Å²) in [5, 5.41) is 10.3. The molecule has 1 aromatic heterocycles. The van der Waals surface area contributed by atoms with E-state index in [2.05, 4.69) is 4.72 Å². The molecule has 0 spiro atoms. The van der Waals surface area contributed by atoms with Gasteiger partial charge in [0.15, 0.2) is 0 Å². The standard InChI is InChI=1S/C22H21ClFNO7S2/c1-30-11-16(12-31-2)32-22(27)17-7-6-15(9-19(17)26)25-34(28,29)20-10-18(21(23)33-20)13-4-3-5-14(24)8-13/h3-10,16,25-26H,11-12H2,1-2H3. The van der Waals surface area contributed by atoms with E-state index in [1.165, 1.54) is 50.6 Å². The van der Waals surface area contributed by atoms with Gasteiger partial charge in [-0.15, -0.1) is 11.3 Å². The fraction of sp³-hybridized carbons (Fsp3) is 0.227. The molecule has 2 aromatic carbocycles. The maximum Gasteiger partial charge on any atom is 0.342 e. The van der Waals surface area contributed by atoms with Crippen molar-refractivity contribution in [3.05, 3.63) is 64.2 Å². The quantitative estimate of drug-likeness (QED) is 0.371. The zero-order chi connectivity index (χ0) is 24.9. The molecule has 0 radical (unpaired) electrons. The predicted octanol–water partition coefficient (Wildman–Crippen LogP) is 4.53. The van der Waals surface area contributed by atoms with Gasteiger partial charge in [-0.25, -0.2) is 17.6 Å². The summed E-state index contributed by atoms with van der Waals surface area (Å²) < 4.78 is 56.8. The van der Waals surface area contributed by atoms with Gasteiger partial charge in [-0.3, -0.25) is 4.72 Å². The number of aromatic hydroxyl groups is 1. The Morgan fingerprint density at radius 2 is 1.85 bits per heavy atom. The predicted molar refractivity (Wildman–Crippen MR) is 127 cm³/mol. The lowest BCUT2D eigenvalue weighted by molar-refractivity contribution is -0.0225. The van der Waals surface area contributed by atoms with Gasteiger partial charge < -0.3 is 19.3 Å². The summed E-state index contributed by atoms with van der Waals surface area (Å²) in [6.07, 6.45) is -0.684. The number of thiophene rings is 1. The second kappa shape index (κ2) is 11.2. The third-order valence-electron chi connectivity index (χ3n) is 4.51. The summed E-state index contributed by atoms with van der Waals surface area (Å²) in [6.45, 7) is 0.193. The average molecular weight is 530 g/mol. The monoisotopic (exact) mass is 529 g/mol. The zero-order valence-corrected chi connectivity index (χ0v) is 20.5. The molecule has 0 aliphatic heterocycles. The van der Waals surface area contributed by atoms with Crippen molar-refractivity contribution >= 4 is 44.6 Å². The third-order valence-corrected chi connectivity index (χ3v) is 7.73. The van der Waals surface area contributed by atoms with Gasteiger partial charge in [0.05, 0.1) is 18.9 Å². The van der Waals surface area contributed by atoms with Crippen LogP contribution in [0, 0.1) is 5.82 Å². The zero-order valence-electron chi connectivity index (χ0n) is 18.1. The van der Waals surface area contributed by atoms with E-state index in [1.54, 1.807) is 6.07 Å². The van der Waals surface area contributed by atoms with Crippen LogP contribution in [-0.4, -0.2) is 53.0 Å². The maximum atomic E-state index is 13.5. The molecule has 8 nitrogen and oxygen atoms in total. The van der Waals surface area contributed by atoms with E-state index in [9.17, 15) is 22.7 Å². The van der Waals surface area contributed by atoms with Crippen LogP contribution in [0.1, 0.15) is 10.4 Å². The van der Waals surface area contributed by atoms with Gasteiger partial charge in [0, 0.05) is 25.8 Å². The second-order valence-electron chi connectivity index (χ2n) is 7.04. The largest absolute Gasteiger partial charge is 0.507 e. The molecule has 0 saturated carbocycles. The fourth-order valence-corrected chi connectivity index (χ4v) is 5.82. The van der Waals surface area contributed by atoms with Gasteiger partial charge in [0.2, 0.25) is 0 Å². The van der Waals surface area contributed by atoms with Crippen LogP contribution in [0.3, 0.4) is 0 Å². The van der Waals surface area contributed by atoms with Crippen LogP contribution >= 0.6 is 22.9 Å². The van der Waals surface area contributed by atoms with Crippen LogP contribution in [0.15, 0.2) is 52.7 Å². The van der Waals surface area contributed by atoms with E-state index in [1.807, 2.05) is 0 Å². The molecule has 0 amide bonds. The van der Waals surface area contributed by atoms with Crippen molar-refractivity contribution in [1.29, 1.82) is 0 Å². The Labute approximate surface area is 204 Å². The highest BCUT2D eigenvalue weighted by Crippen LogP contribution is 2.38. The number of halogens is 2. The Kier molecular flexibility index (Phi) is 8.50. The van der Waals surface area contributed by atoms with Crippen LogP contribution in [0.2, 0.25) is 4.34 Å². The average Bonchev–Trinajstić information content (AvgIpc) is 3.16. The van der Waals surface area contributed by atoms with E-state index in [0.29, 0.717) is 11.1 Å². The van der Waals surface area contributed by atoms with Crippen molar-refractivity contribution in [1.82, 2.24) is 0 Å². The number of carbonyl (C=O) groups is 1. The highest BCUT2D eigenvalue weighted by Gasteiger charge is 2.23. The van der Waals surface area contributed by atoms with Crippen LogP contribution in [0.5, 0.6) is 5.75 Å². The fourth-order valence-electron chi connectivity index (χ4n) is 3.01. The van der Waals surface area contributed by atoms with Crippen molar-refractivity contribution in [2.24, 2.45) is 0 Å². The summed E-state index contributed by atoms with van der Waals surface area (Å²) in [5.74, 6) is -1.79. The van der Waals surface area contributed by atoms with Crippen LogP contribution in [-0.2, 0) is 24.2 Å². The maximum absolute atomic E-state index is 13.5. The number of carbonyl (C=O) groups excluding carboxylic acids is 1. The van der Waals surface area contributed by atoms with E-state index >= 15 is 0 Å². The van der Waals surface area contributed by atoms with E-state index < -0.39 is 33.7 Å². The molecule has 0 unspecified atom stereocenters. The molecule has 0 atom stereocenters. The number of nitrogens with one attached hydrogen (secondary N) is 1. The summed E-state index contributed by atoms with van der Waals surface area (Å²) >= 11 is 7.00. The Morgan fingerprint density at radius 3 is 2.47 bits per heavy atom. The highest BCUT2D eigenvalue weighted by atomic mass is 35.5. The highest BCUT2D eigenvalue weighted by molar-refractivity contribution is 7.94. The van der Waals surface area contributed by atoms with Crippen molar-refractivity contribution in [2.75, 3.05) is 32.2 Å². The van der Waals surface area contributed by atoms with E-state index in [4.69, 9.17) is 25.8 Å². The van der Waals surface area contributed by atoms with Gasteiger partial charge in [-0.2, -0.15) is 0 Å². The lowest BCUT2D eigenvalue weighted by Crippen LogP contribution is -2.27. The van der Waals surface area contributed by atoms with Gasteiger partial charge in [-0.05, 0) is 35.9 Å². The van der Waals surface area contributed by atoms with Crippen LogP contribution < -0.4 is 4.72 Å². The minimum absolute atomic E-state index is 0.0104. The molecule has 2 N–H and O–H groups in total. The van der Waals surface area contributed by atoms with Gasteiger partial charge >= 0.3 is 5.97 Å². The molecule has 0 bridgehead atoms. The van der Waals surface area contributed by atoms with Crippen molar-refractivity contribution in [2.45, 2.75) is 10.3 Å².